The zero-order chi connectivity index (χ0) is 17.4. The highest BCUT2D eigenvalue weighted by Crippen LogP contribution is 2.23. The van der Waals surface area contributed by atoms with E-state index in [1.54, 1.807) is 7.11 Å². The van der Waals surface area contributed by atoms with Gasteiger partial charge in [-0.1, -0.05) is 42.5 Å². The number of likely N-dealkylation sites (N-methyl/N-ethyl adjacent to an activating group) is 1. The third-order valence-electron chi connectivity index (χ3n) is 3.67. The number of carbonyl (C=O) groups is 1. The monoisotopic (exact) mass is 327 g/mol. The van der Waals surface area contributed by atoms with E-state index in [4.69, 9.17) is 4.74 Å². The maximum atomic E-state index is 12.7. The molecule has 0 fully saturated rings. The Bertz CT molecular complexity index is 644. The number of rotatable bonds is 7. The Hall–Kier alpha value is -2.53. The van der Waals surface area contributed by atoms with E-state index >= 15 is 0 Å². The van der Waals surface area contributed by atoms with Crippen molar-refractivity contribution in [1.29, 1.82) is 0 Å². The van der Waals surface area contributed by atoms with Gasteiger partial charge in [-0.15, -0.1) is 0 Å². The van der Waals surface area contributed by atoms with Crippen molar-refractivity contribution in [2.75, 3.05) is 39.6 Å². The topological polar surface area (TPSA) is 44.8 Å². The molecule has 0 saturated heterocycles. The number of para-hydroxylation sites is 2. The molecule has 0 saturated carbocycles. The molecule has 0 aliphatic heterocycles. The number of hydrogen-bond acceptors (Lipinski definition) is 3. The Balaban J connectivity index is 2.11. The summed E-state index contributed by atoms with van der Waals surface area (Å²) in [5.41, 5.74) is 1.78. The van der Waals surface area contributed by atoms with E-state index in [0.29, 0.717) is 24.5 Å². The number of urea groups is 1. The molecule has 0 aromatic heterocycles. The second kappa shape index (κ2) is 8.93. The van der Waals surface area contributed by atoms with Crippen molar-refractivity contribution >= 4 is 11.7 Å². The highest BCUT2D eigenvalue weighted by Gasteiger charge is 2.16. The van der Waals surface area contributed by atoms with Crippen LogP contribution in [0.15, 0.2) is 54.6 Å². The van der Waals surface area contributed by atoms with Crippen LogP contribution in [0.4, 0.5) is 10.5 Å². The van der Waals surface area contributed by atoms with Crippen LogP contribution in [0.3, 0.4) is 0 Å². The number of benzene rings is 2. The van der Waals surface area contributed by atoms with E-state index < -0.39 is 0 Å². The van der Waals surface area contributed by atoms with E-state index in [2.05, 4.69) is 10.2 Å². The number of ether oxygens (including phenoxy) is 1. The van der Waals surface area contributed by atoms with Gasteiger partial charge in [0.25, 0.3) is 0 Å². The van der Waals surface area contributed by atoms with Gasteiger partial charge in [0, 0.05) is 19.6 Å². The largest absolute Gasteiger partial charge is 0.495 e. The summed E-state index contributed by atoms with van der Waals surface area (Å²) in [6.45, 7) is 2.00. The highest BCUT2D eigenvalue weighted by molar-refractivity contribution is 5.91. The van der Waals surface area contributed by atoms with Gasteiger partial charge in [-0.3, -0.25) is 0 Å². The molecule has 0 heterocycles. The van der Waals surface area contributed by atoms with Crippen molar-refractivity contribution in [2.24, 2.45) is 0 Å². The predicted molar refractivity (Wildman–Crippen MR) is 97.4 cm³/mol. The average molecular weight is 327 g/mol. The van der Waals surface area contributed by atoms with Crippen molar-refractivity contribution in [3.8, 4) is 5.75 Å². The lowest BCUT2D eigenvalue weighted by molar-refractivity contribution is 0.202. The third kappa shape index (κ3) is 5.28. The summed E-state index contributed by atoms with van der Waals surface area (Å²) in [5.74, 6) is 0.651. The Morgan fingerprint density at radius 3 is 2.33 bits per heavy atom. The van der Waals surface area contributed by atoms with Gasteiger partial charge in [0.1, 0.15) is 5.75 Å². The molecule has 0 unspecified atom stereocenters. The molecule has 0 aliphatic carbocycles. The molecule has 5 nitrogen and oxygen atoms in total. The summed E-state index contributed by atoms with van der Waals surface area (Å²) in [7, 11) is 5.59. The molecular weight excluding hydrogens is 302 g/mol. The molecule has 2 aromatic rings. The number of carbonyl (C=O) groups excluding carboxylic acids is 1. The second-order valence-corrected chi connectivity index (χ2v) is 5.84. The summed E-state index contributed by atoms with van der Waals surface area (Å²) in [6, 6.07) is 17.3. The minimum atomic E-state index is -0.134. The summed E-state index contributed by atoms with van der Waals surface area (Å²) in [6.07, 6.45) is 0. The number of amides is 2. The summed E-state index contributed by atoms with van der Waals surface area (Å²) >= 11 is 0. The molecule has 1 N–H and O–H groups in total. The summed E-state index contributed by atoms with van der Waals surface area (Å²) in [5, 5.41) is 2.95. The van der Waals surface area contributed by atoms with Crippen LogP contribution in [0.5, 0.6) is 5.75 Å². The van der Waals surface area contributed by atoms with Gasteiger partial charge in [0.05, 0.1) is 12.8 Å². The Labute approximate surface area is 143 Å². The minimum Gasteiger partial charge on any atom is -0.495 e. The Morgan fingerprint density at radius 1 is 1.00 bits per heavy atom. The number of nitrogens with one attached hydrogen (secondary N) is 1. The standard InChI is InChI=1S/C19H25N3O2/c1-21(2)13-14-22(15-16-9-5-4-6-10-16)19(23)20-17-11-7-8-12-18(17)24-3/h4-12H,13-15H2,1-3H3,(H,20,23). The number of nitrogens with zero attached hydrogens (tertiary/aromatic N) is 2. The molecule has 2 aromatic carbocycles. The van der Waals surface area contributed by atoms with Crippen molar-refractivity contribution in [3.05, 3.63) is 60.2 Å². The van der Waals surface area contributed by atoms with Gasteiger partial charge in [-0.25, -0.2) is 4.79 Å². The highest BCUT2D eigenvalue weighted by atomic mass is 16.5. The molecule has 2 amide bonds. The quantitative estimate of drug-likeness (QED) is 0.849. The number of anilines is 1. The van der Waals surface area contributed by atoms with E-state index in [1.165, 1.54) is 0 Å². The van der Waals surface area contributed by atoms with E-state index in [1.807, 2.05) is 73.6 Å². The van der Waals surface area contributed by atoms with Crippen LogP contribution < -0.4 is 10.1 Å². The lowest BCUT2D eigenvalue weighted by Gasteiger charge is -2.25. The van der Waals surface area contributed by atoms with Crippen LogP contribution >= 0.6 is 0 Å². The molecule has 0 bridgehead atoms. The fourth-order valence-electron chi connectivity index (χ4n) is 2.32. The fraction of sp³-hybridized carbons (Fsp3) is 0.316. The lowest BCUT2D eigenvalue weighted by atomic mass is 10.2. The summed E-state index contributed by atoms with van der Waals surface area (Å²) in [4.78, 5) is 16.6. The number of hydrogen-bond donors (Lipinski definition) is 1. The third-order valence-corrected chi connectivity index (χ3v) is 3.67. The smallest absolute Gasteiger partial charge is 0.322 e. The molecule has 0 atom stereocenters. The van der Waals surface area contributed by atoms with E-state index in [0.717, 1.165) is 12.1 Å². The predicted octanol–water partition coefficient (Wildman–Crippen LogP) is 3.29. The first-order chi connectivity index (χ1) is 11.6. The second-order valence-electron chi connectivity index (χ2n) is 5.84. The van der Waals surface area contributed by atoms with Gasteiger partial charge in [0.2, 0.25) is 0 Å². The molecule has 2 rings (SSSR count). The molecule has 0 radical (unpaired) electrons. The minimum absolute atomic E-state index is 0.134. The first-order valence-corrected chi connectivity index (χ1v) is 7.97. The van der Waals surface area contributed by atoms with Gasteiger partial charge >= 0.3 is 6.03 Å². The molecule has 5 heteroatoms. The van der Waals surface area contributed by atoms with Gasteiger partial charge < -0.3 is 19.9 Å². The SMILES string of the molecule is COc1ccccc1NC(=O)N(CCN(C)C)Cc1ccccc1. The summed E-state index contributed by atoms with van der Waals surface area (Å²) < 4.78 is 5.30. The maximum Gasteiger partial charge on any atom is 0.322 e. The van der Waals surface area contributed by atoms with Gasteiger partial charge in [-0.05, 0) is 31.8 Å². The first-order valence-electron chi connectivity index (χ1n) is 7.97. The Morgan fingerprint density at radius 2 is 1.67 bits per heavy atom. The molecule has 24 heavy (non-hydrogen) atoms. The van der Waals surface area contributed by atoms with Crippen LogP contribution in [0.25, 0.3) is 0 Å². The first kappa shape index (κ1) is 17.8. The zero-order valence-corrected chi connectivity index (χ0v) is 14.5. The van der Waals surface area contributed by atoms with Crippen molar-refractivity contribution in [3.63, 3.8) is 0 Å². The van der Waals surface area contributed by atoms with Crippen LogP contribution in [0.2, 0.25) is 0 Å². The lowest BCUT2D eigenvalue weighted by Crippen LogP contribution is -2.39. The van der Waals surface area contributed by atoms with Crippen molar-refractivity contribution in [1.82, 2.24) is 9.80 Å². The molecule has 0 aliphatic rings. The number of methoxy groups -OCH3 is 1. The maximum absolute atomic E-state index is 12.7. The van der Waals surface area contributed by atoms with Crippen LogP contribution in [0, 0.1) is 0 Å². The van der Waals surface area contributed by atoms with Crippen molar-refractivity contribution in [2.45, 2.75) is 6.54 Å². The van der Waals surface area contributed by atoms with Crippen LogP contribution in [-0.2, 0) is 6.54 Å². The fourth-order valence-corrected chi connectivity index (χ4v) is 2.32. The average Bonchev–Trinajstić information content (AvgIpc) is 2.59. The van der Waals surface area contributed by atoms with E-state index in [-0.39, 0.29) is 6.03 Å². The van der Waals surface area contributed by atoms with Crippen LogP contribution in [0.1, 0.15) is 5.56 Å². The normalized spacial score (nSPS) is 10.5. The van der Waals surface area contributed by atoms with Gasteiger partial charge in [-0.2, -0.15) is 0 Å². The van der Waals surface area contributed by atoms with Crippen molar-refractivity contribution < 1.29 is 9.53 Å². The zero-order valence-electron chi connectivity index (χ0n) is 14.5. The molecule has 0 spiro atoms. The molecule has 128 valence electrons. The van der Waals surface area contributed by atoms with E-state index in [9.17, 15) is 4.79 Å². The molecular formula is C19H25N3O2. The Kier molecular flexibility index (Phi) is 6.63. The van der Waals surface area contributed by atoms with Crippen LogP contribution in [-0.4, -0.2) is 50.1 Å². The van der Waals surface area contributed by atoms with Gasteiger partial charge in [0.15, 0.2) is 0 Å².